The minimum absolute atomic E-state index is 0.0621. The Labute approximate surface area is 116 Å². The van der Waals surface area contributed by atoms with E-state index in [1.54, 1.807) is 6.07 Å². The molecule has 0 aliphatic rings. The van der Waals surface area contributed by atoms with Crippen molar-refractivity contribution in [3.05, 3.63) is 27.8 Å². The van der Waals surface area contributed by atoms with Crippen LogP contribution in [0.4, 0.5) is 5.69 Å². The highest BCUT2D eigenvalue weighted by Gasteiger charge is 2.18. The van der Waals surface area contributed by atoms with E-state index in [2.05, 4.69) is 14.9 Å². The number of benzene rings is 1. The lowest BCUT2D eigenvalue weighted by Crippen LogP contribution is -1.97. The number of hydrogen-bond acceptors (Lipinski definition) is 6. The van der Waals surface area contributed by atoms with Crippen molar-refractivity contribution in [3.8, 4) is 0 Å². The van der Waals surface area contributed by atoms with Gasteiger partial charge < -0.3 is 5.73 Å². The van der Waals surface area contributed by atoms with Crippen molar-refractivity contribution in [1.29, 1.82) is 0 Å². The summed E-state index contributed by atoms with van der Waals surface area (Å²) in [6.07, 6.45) is 6.33. The summed E-state index contributed by atoms with van der Waals surface area (Å²) in [7, 11) is 0. The number of aromatic nitrogens is 2. The fourth-order valence-corrected chi connectivity index (χ4v) is 2.24. The van der Waals surface area contributed by atoms with E-state index in [1.165, 1.54) is 6.07 Å². The molecule has 0 saturated heterocycles. The molecule has 0 unspecified atom stereocenters. The van der Waals surface area contributed by atoms with E-state index in [-0.39, 0.29) is 11.2 Å². The second kappa shape index (κ2) is 6.95. The molecule has 0 bridgehead atoms. The van der Waals surface area contributed by atoms with Gasteiger partial charge in [0.05, 0.1) is 4.92 Å². The van der Waals surface area contributed by atoms with Crippen LogP contribution in [0, 0.1) is 10.1 Å². The fourth-order valence-electron chi connectivity index (χ4n) is 2.24. The zero-order chi connectivity index (χ0) is 14.4. The highest BCUT2D eigenvalue weighted by Crippen LogP contribution is 2.26. The van der Waals surface area contributed by atoms with Crippen molar-refractivity contribution in [2.45, 2.75) is 38.5 Å². The molecule has 0 radical (unpaired) electrons. The quantitative estimate of drug-likeness (QED) is 0.451. The number of nitrogens with zero attached hydrogens (tertiary/aromatic N) is 3. The summed E-state index contributed by atoms with van der Waals surface area (Å²) < 4.78 is 4.64. The summed E-state index contributed by atoms with van der Waals surface area (Å²) in [6, 6.07) is 3.21. The van der Waals surface area contributed by atoms with E-state index >= 15 is 0 Å². The van der Waals surface area contributed by atoms with Gasteiger partial charge in [0.2, 0.25) is 5.52 Å². The highest BCUT2D eigenvalue weighted by atomic mass is 16.6. The first-order chi connectivity index (χ1) is 9.74. The third kappa shape index (κ3) is 3.30. The molecule has 1 heterocycles. The summed E-state index contributed by atoms with van der Waals surface area (Å²) in [5, 5.41) is 18.3. The van der Waals surface area contributed by atoms with Crippen LogP contribution in [0.5, 0.6) is 0 Å². The van der Waals surface area contributed by atoms with E-state index in [0.29, 0.717) is 5.52 Å². The number of unbranched alkanes of at least 4 members (excludes halogenated alkanes) is 4. The summed E-state index contributed by atoms with van der Waals surface area (Å²) in [5.74, 6) is 0. The molecule has 0 fully saturated rings. The SMILES string of the molecule is NCCCCCCCc1ccc([N+](=O)[O-])c2nonc12. The molecule has 2 N–H and O–H groups in total. The Morgan fingerprint density at radius 1 is 1.10 bits per heavy atom. The van der Waals surface area contributed by atoms with Crippen LogP contribution in [0.2, 0.25) is 0 Å². The smallest absolute Gasteiger partial charge is 0.300 e. The zero-order valence-corrected chi connectivity index (χ0v) is 11.2. The molecular weight excluding hydrogens is 260 g/mol. The number of nitrogens with two attached hydrogens (primary N) is 1. The van der Waals surface area contributed by atoms with E-state index < -0.39 is 4.92 Å². The standard InChI is InChI=1S/C13H18N4O3/c14-9-5-3-1-2-4-6-10-7-8-11(17(18)19)13-12(10)15-20-16-13/h7-8H,1-6,9,14H2. The Balaban J connectivity index is 1.99. The second-order valence-corrected chi connectivity index (χ2v) is 4.77. The maximum atomic E-state index is 10.9. The molecule has 20 heavy (non-hydrogen) atoms. The van der Waals surface area contributed by atoms with Gasteiger partial charge in [0.15, 0.2) is 0 Å². The van der Waals surface area contributed by atoms with Crippen molar-refractivity contribution in [3.63, 3.8) is 0 Å². The topological polar surface area (TPSA) is 108 Å². The lowest BCUT2D eigenvalue weighted by Gasteiger charge is -2.02. The number of non-ortho nitro benzene ring substituents is 1. The number of aryl methyl sites for hydroxylation is 1. The summed E-state index contributed by atoms with van der Waals surface area (Å²) in [6.45, 7) is 0.744. The summed E-state index contributed by atoms with van der Waals surface area (Å²) in [5.41, 5.74) is 7.06. The van der Waals surface area contributed by atoms with E-state index in [1.807, 2.05) is 0 Å². The van der Waals surface area contributed by atoms with Gasteiger partial charge in [0, 0.05) is 6.07 Å². The van der Waals surface area contributed by atoms with Crippen LogP contribution in [-0.4, -0.2) is 21.8 Å². The molecule has 0 aliphatic carbocycles. The maximum absolute atomic E-state index is 10.9. The van der Waals surface area contributed by atoms with Gasteiger partial charge in [-0.25, -0.2) is 4.63 Å². The van der Waals surface area contributed by atoms with E-state index in [4.69, 9.17) is 5.73 Å². The molecule has 1 aromatic carbocycles. The summed E-state index contributed by atoms with van der Waals surface area (Å²) in [4.78, 5) is 10.4. The van der Waals surface area contributed by atoms with Crippen LogP contribution >= 0.6 is 0 Å². The molecule has 7 nitrogen and oxygen atoms in total. The van der Waals surface area contributed by atoms with Gasteiger partial charge >= 0.3 is 5.69 Å². The minimum Gasteiger partial charge on any atom is -0.330 e. The molecule has 7 heteroatoms. The normalized spacial score (nSPS) is 11.1. The minimum atomic E-state index is -0.469. The van der Waals surface area contributed by atoms with Crippen LogP contribution in [0.1, 0.15) is 37.7 Å². The molecular formula is C13H18N4O3. The third-order valence-electron chi connectivity index (χ3n) is 3.32. The summed E-state index contributed by atoms with van der Waals surface area (Å²) >= 11 is 0. The lowest BCUT2D eigenvalue weighted by molar-refractivity contribution is -0.383. The highest BCUT2D eigenvalue weighted by molar-refractivity contribution is 5.85. The Kier molecular flexibility index (Phi) is 5.00. The first kappa shape index (κ1) is 14.4. The van der Waals surface area contributed by atoms with Crippen LogP contribution in [0.25, 0.3) is 11.0 Å². The van der Waals surface area contributed by atoms with Crippen molar-refractivity contribution < 1.29 is 9.55 Å². The second-order valence-electron chi connectivity index (χ2n) is 4.77. The molecule has 2 aromatic rings. The van der Waals surface area contributed by atoms with Crippen molar-refractivity contribution in [1.82, 2.24) is 10.3 Å². The Bertz CT molecular complexity index is 582. The average molecular weight is 278 g/mol. The van der Waals surface area contributed by atoms with Gasteiger partial charge in [-0.1, -0.05) is 19.3 Å². The third-order valence-corrected chi connectivity index (χ3v) is 3.32. The maximum Gasteiger partial charge on any atom is 0.300 e. The van der Waals surface area contributed by atoms with Gasteiger partial charge in [-0.05, 0) is 47.8 Å². The number of fused-ring (bicyclic) bond motifs is 1. The van der Waals surface area contributed by atoms with Crippen LogP contribution < -0.4 is 5.73 Å². The van der Waals surface area contributed by atoms with E-state index in [9.17, 15) is 10.1 Å². The largest absolute Gasteiger partial charge is 0.330 e. The molecule has 0 atom stereocenters. The lowest BCUT2D eigenvalue weighted by atomic mass is 10.0. The Morgan fingerprint density at radius 3 is 2.55 bits per heavy atom. The average Bonchev–Trinajstić information content (AvgIpc) is 2.91. The first-order valence-corrected chi connectivity index (χ1v) is 6.82. The molecule has 1 aromatic heterocycles. The van der Waals surface area contributed by atoms with Crippen LogP contribution in [-0.2, 0) is 6.42 Å². The van der Waals surface area contributed by atoms with Crippen LogP contribution in [0.15, 0.2) is 16.8 Å². The monoisotopic (exact) mass is 278 g/mol. The molecule has 0 aliphatic heterocycles. The predicted molar refractivity (Wildman–Crippen MR) is 74.3 cm³/mol. The van der Waals surface area contributed by atoms with Gasteiger partial charge in [0.1, 0.15) is 5.52 Å². The van der Waals surface area contributed by atoms with Crippen molar-refractivity contribution >= 4 is 16.7 Å². The Hall–Kier alpha value is -2.02. The predicted octanol–water partition coefficient (Wildman–Crippen LogP) is 2.58. The molecule has 0 amide bonds. The van der Waals surface area contributed by atoms with Crippen molar-refractivity contribution in [2.24, 2.45) is 5.73 Å². The number of hydrogen-bond donors (Lipinski definition) is 1. The van der Waals surface area contributed by atoms with Crippen LogP contribution in [0.3, 0.4) is 0 Å². The van der Waals surface area contributed by atoms with Gasteiger partial charge in [-0.2, -0.15) is 0 Å². The fraction of sp³-hybridized carbons (Fsp3) is 0.538. The molecule has 108 valence electrons. The zero-order valence-electron chi connectivity index (χ0n) is 11.2. The van der Waals surface area contributed by atoms with E-state index in [0.717, 1.165) is 50.6 Å². The van der Waals surface area contributed by atoms with Gasteiger partial charge in [0.25, 0.3) is 0 Å². The molecule has 0 saturated carbocycles. The first-order valence-electron chi connectivity index (χ1n) is 6.82. The number of nitro groups is 1. The number of rotatable bonds is 8. The number of nitro benzene ring substituents is 1. The van der Waals surface area contributed by atoms with Gasteiger partial charge in [-0.3, -0.25) is 10.1 Å². The molecule has 0 spiro atoms. The van der Waals surface area contributed by atoms with Crippen molar-refractivity contribution in [2.75, 3.05) is 6.54 Å². The Morgan fingerprint density at radius 2 is 1.80 bits per heavy atom. The van der Waals surface area contributed by atoms with Gasteiger partial charge in [-0.15, -0.1) is 0 Å². The molecule has 2 rings (SSSR count).